The number of hydrogen-bond donors (Lipinski definition) is 1. The molecule has 1 amide bonds. The summed E-state index contributed by atoms with van der Waals surface area (Å²) in [5.41, 5.74) is -0.128. The summed E-state index contributed by atoms with van der Waals surface area (Å²) in [7, 11) is -3.91. The summed E-state index contributed by atoms with van der Waals surface area (Å²) < 4.78 is 23.3. The molecule has 0 saturated heterocycles. The first-order valence-corrected chi connectivity index (χ1v) is 7.52. The van der Waals surface area contributed by atoms with Crippen molar-refractivity contribution in [2.75, 3.05) is 11.1 Å². The van der Waals surface area contributed by atoms with Crippen LogP contribution in [-0.4, -0.2) is 26.0 Å². The Labute approximate surface area is 117 Å². The van der Waals surface area contributed by atoms with Gasteiger partial charge < -0.3 is 15.2 Å². The van der Waals surface area contributed by atoms with Crippen LogP contribution >= 0.6 is 0 Å². The zero-order valence-corrected chi connectivity index (χ0v) is 12.3. The van der Waals surface area contributed by atoms with Gasteiger partial charge in [-0.3, -0.25) is 4.79 Å². The second-order valence-corrected chi connectivity index (χ2v) is 7.35. The molecular weight excluding hydrogens is 282 g/mol. The number of benzene rings is 1. The van der Waals surface area contributed by atoms with Crippen molar-refractivity contribution >= 4 is 27.4 Å². The largest absolute Gasteiger partial charge is 0.549 e. The number of amides is 1. The quantitative estimate of drug-likeness (QED) is 0.855. The van der Waals surface area contributed by atoms with Crippen LogP contribution in [0, 0.1) is 5.41 Å². The van der Waals surface area contributed by atoms with Crippen molar-refractivity contribution < 1.29 is 23.1 Å². The van der Waals surface area contributed by atoms with Crippen molar-refractivity contribution in [3.05, 3.63) is 24.3 Å². The summed E-state index contributed by atoms with van der Waals surface area (Å²) in [4.78, 5) is 22.0. The van der Waals surface area contributed by atoms with E-state index in [1.807, 2.05) is 0 Å². The molecule has 0 radical (unpaired) electrons. The average Bonchev–Trinajstić information content (AvgIpc) is 2.26. The first-order chi connectivity index (χ1) is 9.02. The SMILES string of the molecule is CC(C)(C)C(=O)Nc1ccc(S(=O)(=O)CC(=O)[O-])cc1. The van der Waals surface area contributed by atoms with Crippen molar-refractivity contribution in [2.24, 2.45) is 5.41 Å². The van der Waals surface area contributed by atoms with Gasteiger partial charge in [-0.2, -0.15) is 0 Å². The van der Waals surface area contributed by atoms with E-state index in [1.54, 1.807) is 20.8 Å². The molecule has 0 unspecified atom stereocenters. The van der Waals surface area contributed by atoms with Crippen LogP contribution in [0.15, 0.2) is 29.2 Å². The zero-order chi connectivity index (χ0) is 15.6. The van der Waals surface area contributed by atoms with Gasteiger partial charge in [0.15, 0.2) is 9.84 Å². The molecule has 1 rings (SSSR count). The van der Waals surface area contributed by atoms with E-state index < -0.39 is 27.0 Å². The van der Waals surface area contributed by atoms with Crippen LogP contribution < -0.4 is 10.4 Å². The molecule has 0 aromatic heterocycles. The number of anilines is 1. The third-order valence-corrected chi connectivity index (χ3v) is 4.07. The van der Waals surface area contributed by atoms with Crippen molar-refractivity contribution in [1.82, 2.24) is 0 Å². The van der Waals surface area contributed by atoms with E-state index in [-0.39, 0.29) is 10.8 Å². The second kappa shape index (κ2) is 5.62. The predicted octanol–water partition coefficient (Wildman–Crippen LogP) is 0.195. The molecular formula is C13H16NO5S-. The first-order valence-electron chi connectivity index (χ1n) is 5.86. The van der Waals surface area contributed by atoms with Crippen LogP contribution in [-0.2, 0) is 19.4 Å². The fraction of sp³-hybridized carbons (Fsp3) is 0.385. The van der Waals surface area contributed by atoms with Crippen LogP contribution in [0.2, 0.25) is 0 Å². The molecule has 20 heavy (non-hydrogen) atoms. The third-order valence-electron chi connectivity index (χ3n) is 2.46. The van der Waals surface area contributed by atoms with Crippen molar-refractivity contribution in [2.45, 2.75) is 25.7 Å². The Morgan fingerprint density at radius 3 is 2.05 bits per heavy atom. The zero-order valence-electron chi connectivity index (χ0n) is 11.5. The summed E-state index contributed by atoms with van der Waals surface area (Å²) in [6.07, 6.45) is 0. The Balaban J connectivity index is 2.90. The van der Waals surface area contributed by atoms with Crippen LogP contribution in [0.3, 0.4) is 0 Å². The lowest BCUT2D eigenvalue weighted by atomic mass is 9.95. The van der Waals surface area contributed by atoms with Gasteiger partial charge in [0.2, 0.25) is 5.91 Å². The maximum absolute atomic E-state index is 11.7. The van der Waals surface area contributed by atoms with Gasteiger partial charge in [-0.05, 0) is 24.3 Å². The molecule has 0 heterocycles. The Morgan fingerprint density at radius 1 is 1.15 bits per heavy atom. The van der Waals surface area contributed by atoms with Crippen LogP contribution in [0.4, 0.5) is 5.69 Å². The van der Waals surface area contributed by atoms with Gasteiger partial charge in [0.25, 0.3) is 0 Å². The number of sulfone groups is 1. The number of rotatable bonds is 4. The Hall–Kier alpha value is -1.89. The number of nitrogens with one attached hydrogen (secondary N) is 1. The summed E-state index contributed by atoms with van der Waals surface area (Å²) in [5, 5.41) is 13.0. The van der Waals surface area contributed by atoms with Gasteiger partial charge in [0.1, 0.15) is 0 Å². The lowest BCUT2D eigenvalue weighted by Crippen LogP contribution is -2.30. The second-order valence-electron chi connectivity index (χ2n) is 5.36. The molecule has 1 aromatic carbocycles. The molecule has 0 aliphatic carbocycles. The van der Waals surface area contributed by atoms with E-state index >= 15 is 0 Å². The highest BCUT2D eigenvalue weighted by Crippen LogP contribution is 2.19. The maximum atomic E-state index is 11.7. The van der Waals surface area contributed by atoms with E-state index in [0.29, 0.717) is 5.69 Å². The summed E-state index contributed by atoms with van der Waals surface area (Å²) in [6.45, 7) is 5.25. The first kappa shape index (κ1) is 16.2. The Kier molecular flexibility index (Phi) is 4.54. The topological polar surface area (TPSA) is 103 Å². The summed E-state index contributed by atoms with van der Waals surface area (Å²) >= 11 is 0. The van der Waals surface area contributed by atoms with E-state index in [1.165, 1.54) is 24.3 Å². The molecule has 0 aliphatic heterocycles. The molecule has 0 saturated carbocycles. The monoisotopic (exact) mass is 298 g/mol. The van der Waals surface area contributed by atoms with Crippen molar-refractivity contribution in [3.8, 4) is 0 Å². The number of carboxylic acid groups (broad SMARTS) is 1. The van der Waals surface area contributed by atoms with Gasteiger partial charge in [0, 0.05) is 11.1 Å². The lowest BCUT2D eigenvalue weighted by molar-refractivity contribution is -0.301. The highest BCUT2D eigenvalue weighted by Gasteiger charge is 2.21. The molecule has 0 atom stereocenters. The minimum absolute atomic E-state index is 0.129. The predicted molar refractivity (Wildman–Crippen MR) is 71.6 cm³/mol. The molecule has 0 spiro atoms. The average molecular weight is 298 g/mol. The molecule has 110 valence electrons. The number of carboxylic acids is 1. The highest BCUT2D eigenvalue weighted by atomic mass is 32.2. The van der Waals surface area contributed by atoms with Gasteiger partial charge >= 0.3 is 0 Å². The van der Waals surface area contributed by atoms with Crippen LogP contribution in [0.5, 0.6) is 0 Å². The Bertz CT molecular complexity index is 611. The van der Waals surface area contributed by atoms with Gasteiger partial charge in [-0.25, -0.2) is 8.42 Å². The van der Waals surface area contributed by atoms with Gasteiger partial charge in [-0.1, -0.05) is 20.8 Å². The van der Waals surface area contributed by atoms with E-state index in [4.69, 9.17) is 0 Å². The molecule has 0 fully saturated rings. The van der Waals surface area contributed by atoms with Gasteiger partial charge in [0.05, 0.1) is 16.6 Å². The molecule has 0 bridgehead atoms. The highest BCUT2D eigenvalue weighted by molar-refractivity contribution is 7.92. The van der Waals surface area contributed by atoms with Crippen molar-refractivity contribution in [3.63, 3.8) is 0 Å². The molecule has 1 N–H and O–H groups in total. The third kappa shape index (κ3) is 4.34. The fourth-order valence-corrected chi connectivity index (χ4v) is 2.33. The summed E-state index contributed by atoms with van der Waals surface area (Å²) in [5.74, 6) is -2.93. The van der Waals surface area contributed by atoms with Crippen molar-refractivity contribution in [1.29, 1.82) is 0 Å². The van der Waals surface area contributed by atoms with E-state index in [0.717, 1.165) is 0 Å². The van der Waals surface area contributed by atoms with Gasteiger partial charge in [-0.15, -0.1) is 0 Å². The minimum atomic E-state index is -3.91. The fourth-order valence-electron chi connectivity index (χ4n) is 1.30. The molecule has 6 nitrogen and oxygen atoms in total. The Morgan fingerprint density at radius 2 is 1.65 bits per heavy atom. The van der Waals surface area contributed by atoms with E-state index in [2.05, 4.69) is 5.32 Å². The minimum Gasteiger partial charge on any atom is -0.549 e. The number of hydrogen-bond acceptors (Lipinski definition) is 5. The van der Waals surface area contributed by atoms with Crippen LogP contribution in [0.25, 0.3) is 0 Å². The molecule has 1 aromatic rings. The summed E-state index contributed by atoms with van der Waals surface area (Å²) in [6, 6.07) is 5.31. The number of carbonyl (C=O) groups excluding carboxylic acids is 2. The normalized spacial score (nSPS) is 11.9. The number of aliphatic carboxylic acids is 1. The molecule has 0 aliphatic rings. The van der Waals surface area contributed by atoms with E-state index in [9.17, 15) is 23.1 Å². The maximum Gasteiger partial charge on any atom is 0.229 e. The lowest BCUT2D eigenvalue weighted by Gasteiger charge is -2.17. The standard InChI is InChI=1S/C13H17NO5S/c1-13(2,3)12(17)14-9-4-6-10(7-5-9)20(18,19)8-11(15)16/h4-7H,8H2,1-3H3,(H,14,17)(H,15,16)/p-1. The smallest absolute Gasteiger partial charge is 0.229 e. The molecule has 7 heteroatoms. The van der Waals surface area contributed by atoms with Crippen LogP contribution in [0.1, 0.15) is 20.8 Å². The number of carbonyl (C=O) groups is 2.